The van der Waals surface area contributed by atoms with Crippen molar-refractivity contribution in [1.29, 1.82) is 0 Å². The van der Waals surface area contributed by atoms with Crippen molar-refractivity contribution in [2.24, 2.45) is 5.92 Å². The van der Waals surface area contributed by atoms with Crippen LogP contribution in [0.15, 0.2) is 79.4 Å². The number of nitrogens with zero attached hydrogens (tertiary/aromatic N) is 6. The second-order valence-electron chi connectivity index (χ2n) is 10.7. The third-order valence-corrected chi connectivity index (χ3v) is 7.78. The van der Waals surface area contributed by atoms with Crippen LogP contribution in [0.25, 0.3) is 16.7 Å². The molecule has 2 amide bonds. The van der Waals surface area contributed by atoms with Crippen LogP contribution in [0.5, 0.6) is 0 Å². The molecule has 1 aliphatic heterocycles. The highest BCUT2D eigenvalue weighted by Crippen LogP contribution is 2.26. The Morgan fingerprint density at radius 1 is 0.953 bits per heavy atom. The number of benzene rings is 1. The van der Waals surface area contributed by atoms with Gasteiger partial charge in [0.15, 0.2) is 5.78 Å². The molecule has 1 saturated heterocycles. The van der Waals surface area contributed by atoms with Gasteiger partial charge in [0.2, 0.25) is 0 Å². The first-order chi connectivity index (χ1) is 20.8. The molecule has 0 aliphatic carbocycles. The number of anilines is 1. The van der Waals surface area contributed by atoms with E-state index in [4.69, 9.17) is 9.47 Å². The molecule has 3 heterocycles. The number of rotatable bonds is 13. The second kappa shape index (κ2) is 15.3. The van der Waals surface area contributed by atoms with Crippen molar-refractivity contribution in [2.45, 2.75) is 32.9 Å². The van der Waals surface area contributed by atoms with Crippen molar-refractivity contribution in [1.82, 2.24) is 24.5 Å². The van der Waals surface area contributed by atoms with Crippen LogP contribution >= 0.6 is 0 Å². The first-order valence-corrected chi connectivity index (χ1v) is 14.6. The Kier molecular flexibility index (Phi) is 11.2. The van der Waals surface area contributed by atoms with Crippen molar-refractivity contribution in [3.8, 4) is 11.1 Å². The molecule has 0 radical (unpaired) electrons. The molecule has 10 heteroatoms. The van der Waals surface area contributed by atoms with Gasteiger partial charge in [0.25, 0.3) is 0 Å². The van der Waals surface area contributed by atoms with Crippen molar-refractivity contribution in [3.05, 3.63) is 85.0 Å². The number of likely N-dealkylation sites (tertiary alicyclic amines) is 1. The number of urea groups is 1. The molecule has 1 aliphatic rings. The van der Waals surface area contributed by atoms with Gasteiger partial charge in [0, 0.05) is 69.5 Å². The summed E-state index contributed by atoms with van der Waals surface area (Å²) in [4.78, 5) is 30.0. The van der Waals surface area contributed by atoms with Crippen LogP contribution in [0.1, 0.15) is 25.3 Å². The Labute approximate surface area is 253 Å². The minimum Gasteiger partial charge on any atom is -0.383 e. The third kappa shape index (κ3) is 8.18. The highest BCUT2D eigenvalue weighted by atomic mass is 16.5. The molecule has 3 aromatic rings. The number of amides is 2. The fraction of sp³-hybridized carbons (Fsp3) is 0.394. The van der Waals surface area contributed by atoms with E-state index in [2.05, 4.69) is 16.8 Å². The first kappa shape index (κ1) is 31.7. The van der Waals surface area contributed by atoms with Crippen LogP contribution < -0.4 is 4.90 Å². The molecule has 0 bridgehead atoms. The third-order valence-electron chi connectivity index (χ3n) is 7.78. The minimum atomic E-state index is -0.105. The number of carbonyl (C=O) groups is 2. The number of hydrogen-bond donors (Lipinski definition) is 0. The summed E-state index contributed by atoms with van der Waals surface area (Å²) < 4.78 is 13.9. The Morgan fingerprint density at radius 3 is 2.21 bits per heavy atom. The number of Topliss-reactive ketones (excluding diaryl/α,β-unsaturated/α-hetero) is 1. The number of aromatic nitrogens is 4. The quantitative estimate of drug-likeness (QED) is 0.205. The molecular weight excluding hydrogens is 544 g/mol. The van der Waals surface area contributed by atoms with Gasteiger partial charge in [-0.1, -0.05) is 36.9 Å². The second-order valence-corrected chi connectivity index (χ2v) is 10.7. The maximum Gasteiger partial charge on any atom is 0.324 e. The van der Waals surface area contributed by atoms with Gasteiger partial charge < -0.3 is 14.4 Å². The molecule has 0 unspecified atom stereocenters. The molecule has 4 rings (SSSR count). The molecule has 10 nitrogen and oxygen atoms in total. The molecule has 43 heavy (non-hydrogen) atoms. The van der Waals surface area contributed by atoms with Gasteiger partial charge in [0.05, 0.1) is 38.7 Å². The van der Waals surface area contributed by atoms with Crippen molar-refractivity contribution in [3.63, 3.8) is 0 Å². The van der Waals surface area contributed by atoms with Gasteiger partial charge in [-0.15, -0.1) is 0 Å². The molecule has 1 aromatic carbocycles. The number of hydrogen-bond acceptors (Lipinski definition) is 6. The molecule has 2 aromatic heterocycles. The first-order valence-electron chi connectivity index (χ1n) is 14.6. The Bertz CT molecular complexity index is 1440. The summed E-state index contributed by atoms with van der Waals surface area (Å²) >= 11 is 0. The zero-order chi connectivity index (χ0) is 30.8. The summed E-state index contributed by atoms with van der Waals surface area (Å²) in [6.45, 7) is 9.40. The van der Waals surface area contributed by atoms with Crippen molar-refractivity contribution in [2.75, 3.05) is 52.5 Å². The normalized spacial score (nSPS) is 14.7. The zero-order valence-electron chi connectivity index (χ0n) is 25.6. The topological polar surface area (TPSA) is 94.7 Å². The highest BCUT2D eigenvalue weighted by molar-refractivity contribution is 5.97. The predicted octanol–water partition coefficient (Wildman–Crippen LogP) is 5.09. The average molecular weight is 587 g/mol. The van der Waals surface area contributed by atoms with E-state index in [1.54, 1.807) is 38.4 Å². The van der Waals surface area contributed by atoms with E-state index in [0.29, 0.717) is 57.8 Å². The van der Waals surface area contributed by atoms with E-state index in [1.807, 2.05) is 76.2 Å². The Morgan fingerprint density at radius 2 is 1.58 bits per heavy atom. The standard InChI is InChI=1S/C33H42N6O4/c1-6-26(29-21-34-38(23-29)17-19-42-4)8-7-25(2)32(40)28-13-15-37(16-14-28)33(41)36(3)31-11-9-27(10-12-31)30-22-35-39(24-30)18-20-43-5/h6-12,21-24,28H,1,13-20H2,2-5H3/b25-7+,26-8+. The number of piperidine rings is 1. The zero-order valence-corrected chi connectivity index (χ0v) is 25.6. The fourth-order valence-corrected chi connectivity index (χ4v) is 5.07. The summed E-state index contributed by atoms with van der Waals surface area (Å²) in [7, 11) is 5.12. The lowest BCUT2D eigenvalue weighted by molar-refractivity contribution is -0.120. The van der Waals surface area contributed by atoms with E-state index in [9.17, 15) is 9.59 Å². The summed E-state index contributed by atoms with van der Waals surface area (Å²) in [6, 6.07) is 7.81. The summed E-state index contributed by atoms with van der Waals surface area (Å²) in [5, 5.41) is 8.73. The van der Waals surface area contributed by atoms with Crippen LogP contribution in [-0.4, -0.2) is 83.8 Å². The molecule has 0 spiro atoms. The molecule has 0 atom stereocenters. The number of ketones is 1. The Balaban J connectivity index is 1.30. The van der Waals surface area contributed by atoms with Crippen molar-refractivity contribution >= 4 is 23.1 Å². The van der Waals surface area contributed by atoms with Gasteiger partial charge >= 0.3 is 6.03 Å². The van der Waals surface area contributed by atoms with Crippen LogP contribution in [0.2, 0.25) is 0 Å². The maximum atomic E-state index is 13.3. The summed E-state index contributed by atoms with van der Waals surface area (Å²) in [5.74, 6) is 0.0177. The molecule has 0 N–H and O–H groups in total. The summed E-state index contributed by atoms with van der Waals surface area (Å²) in [6.07, 6.45) is 14.3. The van der Waals surface area contributed by atoms with Crippen LogP contribution in [0.4, 0.5) is 10.5 Å². The lowest BCUT2D eigenvalue weighted by Crippen LogP contribution is -2.46. The maximum absolute atomic E-state index is 13.3. The van der Waals surface area contributed by atoms with E-state index < -0.39 is 0 Å². The smallest absolute Gasteiger partial charge is 0.324 e. The van der Waals surface area contributed by atoms with Gasteiger partial charge in [0.1, 0.15) is 0 Å². The monoisotopic (exact) mass is 586 g/mol. The molecule has 0 saturated carbocycles. The number of allylic oxidation sites excluding steroid dienone is 5. The van der Waals surface area contributed by atoms with Crippen molar-refractivity contribution < 1.29 is 19.1 Å². The van der Waals surface area contributed by atoms with Crippen LogP contribution in [0, 0.1) is 5.92 Å². The predicted molar refractivity (Wildman–Crippen MR) is 169 cm³/mol. The lowest BCUT2D eigenvalue weighted by atomic mass is 9.89. The number of carbonyl (C=O) groups excluding carboxylic acids is 2. The van der Waals surface area contributed by atoms with E-state index >= 15 is 0 Å². The molecule has 228 valence electrons. The van der Waals surface area contributed by atoms with Gasteiger partial charge in [-0.3, -0.25) is 19.1 Å². The van der Waals surface area contributed by atoms with Gasteiger partial charge in [-0.25, -0.2) is 4.79 Å². The molecule has 1 fully saturated rings. The number of ether oxygens (including phenoxy) is 2. The van der Waals surface area contributed by atoms with E-state index in [0.717, 1.165) is 28.0 Å². The van der Waals surface area contributed by atoms with Gasteiger partial charge in [-0.2, -0.15) is 10.2 Å². The van der Waals surface area contributed by atoms with E-state index in [-0.39, 0.29) is 17.7 Å². The minimum absolute atomic E-state index is 0.0668. The Hall–Kier alpha value is -4.28. The number of methoxy groups -OCH3 is 2. The van der Waals surface area contributed by atoms with E-state index in [1.165, 1.54) is 0 Å². The fourth-order valence-electron chi connectivity index (χ4n) is 5.07. The van der Waals surface area contributed by atoms with Crippen LogP contribution in [-0.2, 0) is 27.4 Å². The van der Waals surface area contributed by atoms with Gasteiger partial charge in [-0.05, 0) is 48.6 Å². The largest absolute Gasteiger partial charge is 0.383 e. The lowest BCUT2D eigenvalue weighted by Gasteiger charge is -2.34. The SMILES string of the molecule is C=C/C(=C\C=C(/C)C(=O)C1CCN(C(=O)N(C)c2ccc(-c3cnn(CCOC)c3)cc2)CC1)c1cnn(CCOC)c1. The molecular formula is C33H42N6O4. The summed E-state index contributed by atoms with van der Waals surface area (Å²) in [5.41, 5.74) is 5.37. The van der Waals surface area contributed by atoms with Crippen LogP contribution in [0.3, 0.4) is 0 Å². The highest BCUT2D eigenvalue weighted by Gasteiger charge is 2.29. The average Bonchev–Trinajstić information content (AvgIpc) is 3.72.